The first kappa shape index (κ1) is 17.1. The number of carbonyl (C=O) groups is 3. The fraction of sp³-hybridized carbons (Fsp3) is 0.105. The van der Waals surface area contributed by atoms with E-state index < -0.39 is 29.7 Å². The van der Waals surface area contributed by atoms with E-state index in [1.165, 1.54) is 12.1 Å². The van der Waals surface area contributed by atoms with Crippen LogP contribution in [0.5, 0.6) is 0 Å². The number of ketones is 1. The second-order valence-corrected chi connectivity index (χ2v) is 5.30. The number of aryl methyl sites for hydroxylation is 1. The van der Waals surface area contributed by atoms with Gasteiger partial charge >= 0.3 is 11.9 Å². The molecule has 0 bridgehead atoms. The van der Waals surface area contributed by atoms with Gasteiger partial charge in [0, 0.05) is 12.0 Å². The zero-order chi connectivity index (χ0) is 17.7. The van der Waals surface area contributed by atoms with Crippen molar-refractivity contribution in [3.05, 3.63) is 76.9 Å². The Morgan fingerprint density at radius 3 is 1.88 bits per heavy atom. The van der Waals surface area contributed by atoms with Gasteiger partial charge in [-0.2, -0.15) is 0 Å². The van der Waals surface area contributed by atoms with Crippen molar-refractivity contribution in [1.82, 2.24) is 0 Å². The highest BCUT2D eigenvalue weighted by Gasteiger charge is 2.24. The van der Waals surface area contributed by atoms with Crippen molar-refractivity contribution in [3.63, 3.8) is 0 Å². The molecule has 5 nitrogen and oxygen atoms in total. The molecule has 0 aromatic heterocycles. The van der Waals surface area contributed by atoms with Gasteiger partial charge in [-0.05, 0) is 12.5 Å². The predicted octanol–water partition coefficient (Wildman–Crippen LogP) is 3.19. The summed E-state index contributed by atoms with van der Waals surface area (Å²) in [5.41, 5.74) is 0.759. The molecule has 24 heavy (non-hydrogen) atoms. The number of aliphatic carboxylic acids is 2. The number of hydrogen-bond donors (Lipinski definition) is 2. The van der Waals surface area contributed by atoms with Crippen molar-refractivity contribution in [1.29, 1.82) is 0 Å². The fourth-order valence-electron chi connectivity index (χ4n) is 2.30. The van der Waals surface area contributed by atoms with E-state index in [2.05, 4.69) is 0 Å². The van der Waals surface area contributed by atoms with Gasteiger partial charge < -0.3 is 10.2 Å². The Hall–Kier alpha value is -3.21. The van der Waals surface area contributed by atoms with E-state index in [0.717, 1.165) is 5.56 Å². The van der Waals surface area contributed by atoms with Gasteiger partial charge in [-0.25, -0.2) is 9.59 Å². The first-order valence-electron chi connectivity index (χ1n) is 7.25. The summed E-state index contributed by atoms with van der Waals surface area (Å²) in [6, 6.07) is 14.6. The van der Waals surface area contributed by atoms with Crippen LogP contribution in [0.25, 0.3) is 5.57 Å². The van der Waals surface area contributed by atoms with Crippen molar-refractivity contribution in [2.45, 2.75) is 13.3 Å². The number of carboxylic acid groups (broad SMARTS) is 2. The van der Waals surface area contributed by atoms with Crippen molar-refractivity contribution < 1.29 is 24.6 Å². The lowest BCUT2D eigenvalue weighted by Crippen LogP contribution is -2.14. The van der Waals surface area contributed by atoms with Crippen molar-refractivity contribution >= 4 is 23.3 Å². The number of Topliss-reactive ketones (excluding diaryl/α,β-unsaturated/α-hetero) is 1. The molecule has 2 aromatic rings. The molecule has 2 rings (SSSR count). The lowest BCUT2D eigenvalue weighted by Gasteiger charge is -2.09. The van der Waals surface area contributed by atoms with E-state index in [4.69, 9.17) is 0 Å². The summed E-state index contributed by atoms with van der Waals surface area (Å²) in [4.78, 5) is 35.5. The molecule has 0 aliphatic heterocycles. The molecule has 0 spiro atoms. The van der Waals surface area contributed by atoms with E-state index in [-0.39, 0.29) is 11.1 Å². The summed E-state index contributed by atoms with van der Waals surface area (Å²) in [5.74, 6) is -3.24. The zero-order valence-electron chi connectivity index (χ0n) is 13.0. The summed E-state index contributed by atoms with van der Waals surface area (Å²) in [6.07, 6.45) is -0.491. The van der Waals surface area contributed by atoms with Gasteiger partial charge in [-0.15, -0.1) is 0 Å². The number of carbonyl (C=O) groups excluding carboxylic acids is 1. The highest BCUT2D eigenvalue weighted by molar-refractivity contribution is 6.23. The number of hydrogen-bond acceptors (Lipinski definition) is 3. The Kier molecular flexibility index (Phi) is 5.27. The average Bonchev–Trinajstić information content (AvgIpc) is 2.55. The molecule has 0 aliphatic carbocycles. The van der Waals surface area contributed by atoms with Crippen LogP contribution in [-0.4, -0.2) is 27.9 Å². The van der Waals surface area contributed by atoms with Crippen molar-refractivity contribution in [2.75, 3.05) is 0 Å². The maximum absolute atomic E-state index is 12.3. The SMILES string of the molecule is Cc1ccc(C(=O)C/C(C(=O)O)=C(\C(=O)O)c2ccccc2)cc1. The molecule has 0 amide bonds. The first-order chi connectivity index (χ1) is 11.4. The van der Waals surface area contributed by atoms with Crippen LogP contribution in [0.3, 0.4) is 0 Å². The van der Waals surface area contributed by atoms with E-state index in [0.29, 0.717) is 5.56 Å². The molecule has 0 unspecified atom stereocenters. The van der Waals surface area contributed by atoms with E-state index in [9.17, 15) is 24.6 Å². The highest BCUT2D eigenvalue weighted by Crippen LogP contribution is 2.23. The normalized spacial score (nSPS) is 11.5. The average molecular weight is 324 g/mol. The Labute approximate surface area is 138 Å². The molecule has 0 fully saturated rings. The molecule has 0 atom stereocenters. The molecule has 0 saturated heterocycles. The van der Waals surface area contributed by atoms with Gasteiger partial charge in [0.15, 0.2) is 5.78 Å². The molecule has 5 heteroatoms. The standard InChI is InChI=1S/C19H16O5/c1-12-7-9-13(10-8-12)16(20)11-15(18(21)22)17(19(23)24)14-5-3-2-4-6-14/h2-10H,11H2,1H3,(H,21,22)(H,23,24)/b17-15+. The molecule has 0 aliphatic rings. The Balaban J connectivity index is 2.46. The van der Waals surface area contributed by atoms with Crippen LogP contribution >= 0.6 is 0 Å². The Bertz CT molecular complexity index is 801. The van der Waals surface area contributed by atoms with Gasteiger partial charge in [-0.3, -0.25) is 4.79 Å². The minimum absolute atomic E-state index is 0.249. The summed E-state index contributed by atoms with van der Waals surface area (Å²) in [5, 5.41) is 18.9. The molecule has 0 radical (unpaired) electrons. The summed E-state index contributed by atoms with van der Waals surface area (Å²) >= 11 is 0. The molecule has 0 heterocycles. The molecule has 0 saturated carbocycles. The van der Waals surface area contributed by atoms with Gasteiger partial charge in [0.25, 0.3) is 0 Å². The largest absolute Gasteiger partial charge is 0.478 e. The third kappa shape index (κ3) is 3.95. The summed E-state index contributed by atoms with van der Waals surface area (Å²) in [6.45, 7) is 1.87. The third-order valence-corrected chi connectivity index (χ3v) is 3.55. The van der Waals surface area contributed by atoms with E-state index in [1.807, 2.05) is 6.92 Å². The zero-order valence-corrected chi connectivity index (χ0v) is 13.0. The Morgan fingerprint density at radius 2 is 1.38 bits per heavy atom. The molecule has 122 valence electrons. The maximum Gasteiger partial charge on any atom is 0.336 e. The van der Waals surface area contributed by atoms with Crippen LogP contribution in [0.4, 0.5) is 0 Å². The second kappa shape index (κ2) is 7.37. The first-order valence-corrected chi connectivity index (χ1v) is 7.25. The van der Waals surface area contributed by atoms with Crippen LogP contribution in [-0.2, 0) is 9.59 Å². The molecule has 2 aromatic carbocycles. The van der Waals surface area contributed by atoms with Gasteiger partial charge in [0.2, 0.25) is 0 Å². The maximum atomic E-state index is 12.3. The van der Waals surface area contributed by atoms with Crippen LogP contribution in [0.1, 0.15) is 27.9 Å². The Morgan fingerprint density at radius 1 is 0.792 bits per heavy atom. The third-order valence-electron chi connectivity index (χ3n) is 3.55. The van der Waals surface area contributed by atoms with Gasteiger partial charge in [-0.1, -0.05) is 60.2 Å². The lowest BCUT2D eigenvalue weighted by molar-refractivity contribution is -0.134. The summed E-state index contributed by atoms with van der Waals surface area (Å²) < 4.78 is 0. The van der Waals surface area contributed by atoms with E-state index >= 15 is 0 Å². The quantitative estimate of drug-likeness (QED) is 0.629. The van der Waals surface area contributed by atoms with Crippen LogP contribution in [0.15, 0.2) is 60.2 Å². The second-order valence-electron chi connectivity index (χ2n) is 5.30. The minimum atomic E-state index is -1.42. The minimum Gasteiger partial charge on any atom is -0.478 e. The van der Waals surface area contributed by atoms with Crippen molar-refractivity contribution in [3.8, 4) is 0 Å². The number of rotatable bonds is 6. The van der Waals surface area contributed by atoms with Gasteiger partial charge in [0.1, 0.15) is 0 Å². The van der Waals surface area contributed by atoms with E-state index in [1.54, 1.807) is 42.5 Å². The molecular formula is C19H16O5. The van der Waals surface area contributed by atoms with Crippen LogP contribution < -0.4 is 0 Å². The highest BCUT2D eigenvalue weighted by atomic mass is 16.4. The summed E-state index contributed by atoms with van der Waals surface area (Å²) in [7, 11) is 0. The number of benzene rings is 2. The monoisotopic (exact) mass is 324 g/mol. The van der Waals surface area contributed by atoms with Crippen LogP contribution in [0, 0.1) is 6.92 Å². The lowest BCUT2D eigenvalue weighted by atomic mass is 9.94. The predicted molar refractivity (Wildman–Crippen MR) is 88.8 cm³/mol. The smallest absolute Gasteiger partial charge is 0.336 e. The molecular weight excluding hydrogens is 308 g/mol. The molecule has 2 N–H and O–H groups in total. The topological polar surface area (TPSA) is 91.7 Å². The van der Waals surface area contributed by atoms with Gasteiger partial charge in [0.05, 0.1) is 11.1 Å². The fourth-order valence-corrected chi connectivity index (χ4v) is 2.30. The van der Waals surface area contributed by atoms with Crippen LogP contribution in [0.2, 0.25) is 0 Å². The number of carboxylic acids is 2. The van der Waals surface area contributed by atoms with Crippen molar-refractivity contribution in [2.24, 2.45) is 0 Å².